The van der Waals surface area contributed by atoms with Gasteiger partial charge in [0.25, 0.3) is 0 Å². The average molecular weight is 471 g/mol. The molecule has 0 N–H and O–H groups in total. The van der Waals surface area contributed by atoms with Gasteiger partial charge < -0.3 is 9.05 Å². The van der Waals surface area contributed by atoms with Gasteiger partial charge in [-0.2, -0.15) is 4.52 Å². The minimum absolute atomic E-state index is 0.0299. The maximum Gasteiger partial charge on any atom is 0.249 e. The van der Waals surface area contributed by atoms with E-state index in [0.29, 0.717) is 42.4 Å². The van der Waals surface area contributed by atoms with Crippen molar-refractivity contribution in [2.24, 2.45) is 4.52 Å². The number of hydrogen-bond acceptors (Lipinski definition) is 5. The van der Waals surface area contributed by atoms with E-state index in [4.69, 9.17) is 9.05 Å². The van der Waals surface area contributed by atoms with Gasteiger partial charge in [0.1, 0.15) is 11.5 Å². The maximum atomic E-state index is 12.4. The monoisotopic (exact) mass is 471 g/mol. The Kier molecular flexibility index (Phi) is 7.71. The highest BCUT2D eigenvalue weighted by Crippen LogP contribution is 2.27. The highest BCUT2D eigenvalue weighted by atomic mass is 31.1. The van der Waals surface area contributed by atoms with Gasteiger partial charge in [0.15, 0.2) is 11.6 Å². The van der Waals surface area contributed by atoms with E-state index < -0.39 is 0 Å². The summed E-state index contributed by atoms with van der Waals surface area (Å²) in [6, 6.07) is 32.2. The molecule has 0 aliphatic rings. The standard InChI is InChI=1S/C26H19NO4P2/c28-25(19-7-3-1-4-8-19)21-11-15-23(16-12-21)30-32-27-33-31-24-17-13-22(14-18-24)26(29)20-9-5-2-6-10-20/h1-18,32H. The molecule has 0 aromatic heterocycles. The smallest absolute Gasteiger partial charge is 0.249 e. The second-order valence-electron chi connectivity index (χ2n) is 6.91. The van der Waals surface area contributed by atoms with Crippen LogP contribution in [0.4, 0.5) is 0 Å². The first kappa shape index (κ1) is 22.5. The molecule has 1 unspecified atom stereocenters. The van der Waals surface area contributed by atoms with Crippen molar-refractivity contribution in [3.05, 3.63) is 131 Å². The molecule has 162 valence electrons. The van der Waals surface area contributed by atoms with Gasteiger partial charge in [-0.3, -0.25) is 9.59 Å². The molecule has 7 heteroatoms. The topological polar surface area (TPSA) is 65.0 Å². The summed E-state index contributed by atoms with van der Waals surface area (Å²) in [5.41, 5.74) is 2.50. The van der Waals surface area contributed by atoms with E-state index in [1.807, 2.05) is 36.4 Å². The van der Waals surface area contributed by atoms with Gasteiger partial charge in [0, 0.05) is 22.3 Å². The Morgan fingerprint density at radius 3 is 1.48 bits per heavy atom. The van der Waals surface area contributed by atoms with E-state index in [9.17, 15) is 9.59 Å². The first-order valence-corrected chi connectivity index (χ1v) is 11.7. The lowest BCUT2D eigenvalue weighted by Gasteiger charge is -2.04. The Morgan fingerprint density at radius 1 is 0.576 bits per heavy atom. The van der Waals surface area contributed by atoms with Crippen LogP contribution in [0.15, 0.2) is 114 Å². The van der Waals surface area contributed by atoms with Crippen LogP contribution in [0.3, 0.4) is 0 Å². The average Bonchev–Trinajstić information content (AvgIpc) is 2.89. The molecule has 0 heterocycles. The van der Waals surface area contributed by atoms with Crippen LogP contribution < -0.4 is 9.05 Å². The Balaban J connectivity index is 1.25. The van der Waals surface area contributed by atoms with Crippen molar-refractivity contribution in [2.45, 2.75) is 0 Å². The van der Waals surface area contributed by atoms with Crippen LogP contribution >= 0.6 is 17.6 Å². The van der Waals surface area contributed by atoms with Crippen LogP contribution in [0.1, 0.15) is 31.8 Å². The molecule has 0 fully saturated rings. The van der Waals surface area contributed by atoms with Crippen molar-refractivity contribution in [3.63, 3.8) is 0 Å². The summed E-state index contributed by atoms with van der Waals surface area (Å²) in [5.74, 6) is 1.17. The third-order valence-corrected chi connectivity index (χ3v) is 5.97. The van der Waals surface area contributed by atoms with Crippen LogP contribution in [0.5, 0.6) is 11.5 Å². The molecule has 0 aliphatic heterocycles. The number of benzene rings is 4. The summed E-state index contributed by atoms with van der Waals surface area (Å²) in [6.07, 6.45) is 0. The van der Waals surface area contributed by atoms with E-state index in [1.165, 1.54) is 0 Å². The Morgan fingerprint density at radius 2 is 1.00 bits per heavy atom. The normalized spacial score (nSPS) is 11.0. The third kappa shape index (κ3) is 6.20. The molecule has 1 atom stereocenters. The lowest BCUT2D eigenvalue weighted by atomic mass is 10.0. The quantitative estimate of drug-likeness (QED) is 0.192. The molecule has 0 aliphatic carbocycles. The number of ketones is 2. The molecule has 0 saturated carbocycles. The predicted molar refractivity (Wildman–Crippen MR) is 132 cm³/mol. The number of carbonyl (C=O) groups is 2. The van der Waals surface area contributed by atoms with E-state index in [1.54, 1.807) is 72.8 Å². The minimum Gasteiger partial charge on any atom is -0.454 e. The van der Waals surface area contributed by atoms with Gasteiger partial charge in [-0.05, 0) is 48.5 Å². The number of rotatable bonds is 9. The fourth-order valence-corrected chi connectivity index (χ4v) is 3.93. The number of nitrogens with zero attached hydrogens (tertiary/aromatic N) is 1. The van der Waals surface area contributed by atoms with Crippen LogP contribution in [0, 0.1) is 0 Å². The number of carbonyl (C=O) groups excluding carboxylic acids is 2. The highest BCUT2D eigenvalue weighted by Gasteiger charge is 2.09. The molecular weight excluding hydrogens is 452 g/mol. The summed E-state index contributed by atoms with van der Waals surface area (Å²) < 4.78 is 15.4. The molecular formula is C26H19NO4P2. The van der Waals surface area contributed by atoms with Crippen LogP contribution in [-0.4, -0.2) is 11.6 Å². The Bertz CT molecular complexity index is 1240. The van der Waals surface area contributed by atoms with Gasteiger partial charge in [-0.15, -0.1) is 0 Å². The molecule has 4 aromatic carbocycles. The third-order valence-electron chi connectivity index (χ3n) is 4.70. The van der Waals surface area contributed by atoms with Gasteiger partial charge >= 0.3 is 0 Å². The van der Waals surface area contributed by atoms with Crippen molar-refractivity contribution in [2.75, 3.05) is 0 Å². The van der Waals surface area contributed by atoms with Crippen molar-refractivity contribution in [1.29, 1.82) is 0 Å². The molecule has 0 radical (unpaired) electrons. The van der Waals surface area contributed by atoms with Gasteiger partial charge in [-0.25, -0.2) is 0 Å². The van der Waals surface area contributed by atoms with Crippen LogP contribution in [0.25, 0.3) is 0 Å². The Labute approximate surface area is 195 Å². The van der Waals surface area contributed by atoms with Crippen molar-refractivity contribution >= 4 is 29.1 Å². The van der Waals surface area contributed by atoms with Crippen molar-refractivity contribution in [1.82, 2.24) is 0 Å². The van der Waals surface area contributed by atoms with Crippen LogP contribution in [-0.2, 0) is 0 Å². The van der Waals surface area contributed by atoms with Gasteiger partial charge in [0.05, 0.1) is 0 Å². The largest absolute Gasteiger partial charge is 0.454 e. The Hall–Kier alpha value is -3.65. The van der Waals surface area contributed by atoms with Gasteiger partial charge in [0.2, 0.25) is 17.6 Å². The van der Waals surface area contributed by atoms with Gasteiger partial charge in [-0.1, -0.05) is 60.7 Å². The number of hydrogen-bond donors (Lipinski definition) is 0. The maximum absolute atomic E-state index is 12.4. The molecule has 5 nitrogen and oxygen atoms in total. The summed E-state index contributed by atoms with van der Waals surface area (Å²) in [6.45, 7) is 0. The van der Waals surface area contributed by atoms with E-state index in [2.05, 4.69) is 4.52 Å². The second kappa shape index (κ2) is 11.3. The first-order chi connectivity index (χ1) is 16.2. The second-order valence-corrected chi connectivity index (χ2v) is 8.44. The zero-order chi connectivity index (χ0) is 22.9. The predicted octanol–water partition coefficient (Wildman–Crippen LogP) is 7.16. The zero-order valence-corrected chi connectivity index (χ0v) is 19.3. The molecule has 0 amide bonds. The van der Waals surface area contributed by atoms with Crippen LogP contribution in [0.2, 0.25) is 0 Å². The summed E-state index contributed by atoms with van der Waals surface area (Å²) in [7, 11) is 0.243. The lowest BCUT2D eigenvalue weighted by molar-refractivity contribution is 0.103. The first-order valence-electron chi connectivity index (χ1n) is 10.1. The van der Waals surface area contributed by atoms with Crippen molar-refractivity contribution < 1.29 is 18.6 Å². The zero-order valence-electron chi connectivity index (χ0n) is 17.4. The van der Waals surface area contributed by atoms with Crippen molar-refractivity contribution in [3.8, 4) is 11.5 Å². The van der Waals surface area contributed by atoms with E-state index in [-0.39, 0.29) is 20.5 Å². The molecule has 0 spiro atoms. The molecule has 4 rings (SSSR count). The van der Waals surface area contributed by atoms with E-state index in [0.717, 1.165) is 0 Å². The summed E-state index contributed by atoms with van der Waals surface area (Å²) in [4.78, 5) is 24.9. The molecule has 4 aromatic rings. The SMILES string of the molecule is O=C(c1ccccc1)c1ccc(OP=NPOc2ccc(C(=O)c3ccccc3)cc2)cc1. The summed E-state index contributed by atoms with van der Waals surface area (Å²) >= 11 is 0. The lowest BCUT2D eigenvalue weighted by Crippen LogP contribution is -2.00. The molecule has 33 heavy (non-hydrogen) atoms. The highest BCUT2D eigenvalue weighted by molar-refractivity contribution is 7.39. The van der Waals surface area contributed by atoms with E-state index >= 15 is 0 Å². The summed E-state index contributed by atoms with van der Waals surface area (Å²) in [5, 5.41) is 0. The fourth-order valence-electron chi connectivity index (χ4n) is 3.01. The molecule has 0 bridgehead atoms. The fraction of sp³-hybridized carbons (Fsp3) is 0. The minimum atomic E-state index is -0.151. The molecule has 0 saturated heterocycles.